The molecule has 0 radical (unpaired) electrons. The molecule has 7 heteroatoms. The normalized spacial score (nSPS) is 19.8. The maximum absolute atomic E-state index is 13.4. The molecule has 1 aliphatic carbocycles. The highest BCUT2D eigenvalue weighted by atomic mass is 19.1. The molecular weight excluding hydrogens is 393 g/mol. The Morgan fingerprint density at radius 3 is 2.77 bits per heavy atom. The van der Waals surface area contributed by atoms with Crippen LogP contribution >= 0.6 is 0 Å². The summed E-state index contributed by atoms with van der Waals surface area (Å²) < 4.78 is 15.1. The number of carbonyl (C=O) groups excluding carboxylic acids is 1. The van der Waals surface area contributed by atoms with E-state index in [9.17, 15) is 9.18 Å². The van der Waals surface area contributed by atoms with E-state index in [0.29, 0.717) is 11.7 Å². The highest BCUT2D eigenvalue weighted by Crippen LogP contribution is 2.26. The second kappa shape index (κ2) is 9.92. The van der Waals surface area contributed by atoms with Gasteiger partial charge >= 0.3 is 0 Å². The third kappa shape index (κ3) is 5.15. The third-order valence-corrected chi connectivity index (χ3v) is 6.62. The summed E-state index contributed by atoms with van der Waals surface area (Å²) in [5, 5.41) is 8.41. The minimum absolute atomic E-state index is 0.0886. The average molecular weight is 428 g/mol. The summed E-state index contributed by atoms with van der Waals surface area (Å²) in [6, 6.07) is 7.05. The highest BCUT2D eigenvalue weighted by Gasteiger charge is 2.31. The van der Waals surface area contributed by atoms with Crippen LogP contribution in [-0.4, -0.2) is 71.3 Å². The van der Waals surface area contributed by atoms with Gasteiger partial charge in [0.1, 0.15) is 5.82 Å². The molecule has 4 rings (SSSR count). The number of aromatic nitrogens is 2. The maximum Gasteiger partial charge on any atom is 0.274 e. The van der Waals surface area contributed by atoms with E-state index in [1.165, 1.54) is 17.8 Å². The van der Waals surface area contributed by atoms with Gasteiger partial charge in [-0.1, -0.05) is 12.1 Å². The predicted octanol–water partition coefficient (Wildman–Crippen LogP) is 2.51. The summed E-state index contributed by atoms with van der Waals surface area (Å²) in [7, 11) is 2.11. The molecule has 1 saturated heterocycles. The van der Waals surface area contributed by atoms with Crippen molar-refractivity contribution < 1.29 is 9.18 Å². The van der Waals surface area contributed by atoms with Gasteiger partial charge in [0.05, 0.1) is 0 Å². The van der Waals surface area contributed by atoms with Crippen LogP contribution in [0.4, 0.5) is 4.39 Å². The molecule has 1 amide bonds. The van der Waals surface area contributed by atoms with E-state index in [4.69, 9.17) is 5.10 Å². The average Bonchev–Trinajstić information content (AvgIpc) is 3.00. The molecule has 2 aliphatic rings. The third-order valence-electron chi connectivity index (χ3n) is 6.62. The molecule has 6 nitrogen and oxygen atoms in total. The van der Waals surface area contributed by atoms with Gasteiger partial charge in [0.15, 0.2) is 5.69 Å². The Kier molecular flexibility index (Phi) is 7.02. The predicted molar refractivity (Wildman–Crippen MR) is 120 cm³/mol. The molecule has 1 atom stereocenters. The van der Waals surface area contributed by atoms with Gasteiger partial charge in [0.25, 0.3) is 5.91 Å². The number of halogens is 1. The lowest BCUT2D eigenvalue weighted by Crippen LogP contribution is -2.38. The molecule has 1 aliphatic heterocycles. The lowest BCUT2D eigenvalue weighted by atomic mass is 9.91. The molecule has 2 heterocycles. The Bertz CT molecular complexity index is 894. The zero-order valence-electron chi connectivity index (χ0n) is 18.7. The van der Waals surface area contributed by atoms with Gasteiger partial charge in [-0.15, -0.1) is 0 Å². The fraction of sp³-hybridized carbons (Fsp3) is 0.583. The van der Waals surface area contributed by atoms with Crippen LogP contribution in [-0.2, 0) is 25.8 Å². The standard InChI is InChI=1S/C24H34FN5O/c1-3-30-22-10-9-20(26-12-11-18-5-7-19(25)8-6-18)17-21(22)23(27-30)24(31)29-14-4-13-28(2)15-16-29/h5-8,20,26H,3-4,9-17H2,1-2H3. The van der Waals surface area contributed by atoms with E-state index in [-0.39, 0.29) is 11.7 Å². The van der Waals surface area contributed by atoms with E-state index < -0.39 is 0 Å². The van der Waals surface area contributed by atoms with E-state index in [1.807, 2.05) is 21.7 Å². The molecular formula is C24H34FN5O. The van der Waals surface area contributed by atoms with Crippen molar-refractivity contribution in [3.8, 4) is 0 Å². The number of carbonyl (C=O) groups is 1. The monoisotopic (exact) mass is 427 g/mol. The first-order valence-electron chi connectivity index (χ1n) is 11.6. The number of hydrogen-bond acceptors (Lipinski definition) is 4. The number of nitrogens with zero attached hydrogens (tertiary/aromatic N) is 4. The Labute approximate surface area is 184 Å². The fourth-order valence-corrected chi connectivity index (χ4v) is 4.77. The van der Waals surface area contributed by atoms with E-state index >= 15 is 0 Å². The number of aryl methyl sites for hydroxylation is 1. The zero-order chi connectivity index (χ0) is 21.8. The van der Waals surface area contributed by atoms with Gasteiger partial charge in [0.2, 0.25) is 0 Å². The van der Waals surface area contributed by atoms with Crippen LogP contribution in [0.2, 0.25) is 0 Å². The number of likely N-dealkylation sites (N-methyl/N-ethyl adjacent to an activating group) is 1. The van der Waals surface area contributed by atoms with Crippen molar-refractivity contribution in [2.45, 2.75) is 51.6 Å². The molecule has 31 heavy (non-hydrogen) atoms. The van der Waals surface area contributed by atoms with Crippen LogP contribution in [0, 0.1) is 5.82 Å². The van der Waals surface area contributed by atoms with Crippen LogP contribution in [0.5, 0.6) is 0 Å². The van der Waals surface area contributed by atoms with Crippen molar-refractivity contribution in [3.63, 3.8) is 0 Å². The summed E-state index contributed by atoms with van der Waals surface area (Å²) in [5.74, 6) is -0.108. The largest absolute Gasteiger partial charge is 0.336 e. The maximum atomic E-state index is 13.4. The summed E-state index contributed by atoms with van der Waals surface area (Å²) in [4.78, 5) is 17.6. The first-order chi connectivity index (χ1) is 15.0. The number of rotatable bonds is 6. The number of benzene rings is 1. The van der Waals surface area contributed by atoms with Gasteiger partial charge in [-0.05, 0) is 76.9 Å². The Hall–Kier alpha value is -2.25. The number of nitrogens with one attached hydrogen (secondary N) is 1. The molecule has 0 spiro atoms. The second-order valence-corrected chi connectivity index (χ2v) is 8.81. The topological polar surface area (TPSA) is 53.4 Å². The molecule has 1 unspecified atom stereocenters. The molecule has 1 N–H and O–H groups in total. The fourth-order valence-electron chi connectivity index (χ4n) is 4.77. The molecule has 1 fully saturated rings. The lowest BCUT2D eigenvalue weighted by Gasteiger charge is -2.25. The minimum Gasteiger partial charge on any atom is -0.336 e. The summed E-state index contributed by atoms with van der Waals surface area (Å²) in [6.07, 6.45) is 4.70. The quantitative estimate of drug-likeness (QED) is 0.770. The van der Waals surface area contributed by atoms with Crippen molar-refractivity contribution in [1.82, 2.24) is 24.9 Å². The zero-order valence-corrected chi connectivity index (χ0v) is 18.7. The smallest absolute Gasteiger partial charge is 0.274 e. The van der Waals surface area contributed by atoms with Gasteiger partial charge in [0, 0.05) is 43.5 Å². The van der Waals surface area contributed by atoms with Gasteiger partial charge < -0.3 is 15.1 Å². The van der Waals surface area contributed by atoms with Gasteiger partial charge in [-0.3, -0.25) is 9.48 Å². The van der Waals surface area contributed by atoms with Crippen molar-refractivity contribution >= 4 is 5.91 Å². The first-order valence-corrected chi connectivity index (χ1v) is 11.6. The second-order valence-electron chi connectivity index (χ2n) is 8.81. The molecule has 2 aromatic rings. The van der Waals surface area contributed by atoms with Crippen molar-refractivity contribution in [2.24, 2.45) is 0 Å². The Morgan fingerprint density at radius 2 is 2.00 bits per heavy atom. The summed E-state index contributed by atoms with van der Waals surface area (Å²) >= 11 is 0. The van der Waals surface area contributed by atoms with Crippen molar-refractivity contribution in [1.29, 1.82) is 0 Å². The number of amides is 1. The van der Waals surface area contributed by atoms with Crippen molar-refractivity contribution in [3.05, 3.63) is 52.6 Å². The highest BCUT2D eigenvalue weighted by molar-refractivity contribution is 5.94. The van der Waals surface area contributed by atoms with Gasteiger partial charge in [-0.25, -0.2) is 4.39 Å². The SMILES string of the molecule is CCn1nc(C(=O)N2CCCN(C)CC2)c2c1CCC(NCCc1ccc(F)cc1)C2. The first kappa shape index (κ1) is 22.0. The molecule has 168 valence electrons. The number of hydrogen-bond donors (Lipinski definition) is 1. The molecule has 0 bridgehead atoms. The van der Waals surface area contributed by atoms with Crippen LogP contribution in [0.15, 0.2) is 24.3 Å². The van der Waals surface area contributed by atoms with Crippen molar-refractivity contribution in [2.75, 3.05) is 39.8 Å². The minimum atomic E-state index is -0.197. The van der Waals surface area contributed by atoms with E-state index in [2.05, 4.69) is 24.2 Å². The number of fused-ring (bicyclic) bond motifs is 1. The van der Waals surface area contributed by atoms with E-state index in [1.54, 1.807) is 0 Å². The van der Waals surface area contributed by atoms with E-state index in [0.717, 1.165) is 82.5 Å². The molecule has 1 aromatic heterocycles. The summed E-state index contributed by atoms with van der Waals surface area (Å²) in [5.41, 5.74) is 4.15. The van der Waals surface area contributed by atoms with Crippen LogP contribution in [0.1, 0.15) is 47.1 Å². The molecule has 1 aromatic carbocycles. The van der Waals surface area contributed by atoms with Crippen LogP contribution in [0.3, 0.4) is 0 Å². The van der Waals surface area contributed by atoms with Gasteiger partial charge in [-0.2, -0.15) is 5.10 Å². The van der Waals surface area contributed by atoms with Crippen LogP contribution < -0.4 is 5.32 Å². The Morgan fingerprint density at radius 1 is 1.19 bits per heavy atom. The van der Waals surface area contributed by atoms with Crippen LogP contribution in [0.25, 0.3) is 0 Å². The lowest BCUT2D eigenvalue weighted by molar-refractivity contribution is 0.0754. The molecule has 0 saturated carbocycles. The summed E-state index contributed by atoms with van der Waals surface area (Å²) in [6.45, 7) is 7.24. The Balaban J connectivity index is 1.43.